The van der Waals surface area contributed by atoms with Crippen LogP contribution in [0.25, 0.3) is 5.57 Å². The van der Waals surface area contributed by atoms with Crippen molar-refractivity contribution in [1.82, 2.24) is 9.80 Å². The van der Waals surface area contributed by atoms with E-state index in [4.69, 9.17) is 17.0 Å². The van der Waals surface area contributed by atoms with Crippen molar-refractivity contribution in [3.8, 4) is 5.75 Å². The number of hydrogen-bond acceptors (Lipinski definition) is 7. The van der Waals surface area contributed by atoms with Gasteiger partial charge in [0.1, 0.15) is 5.75 Å². The number of rotatable bonds is 4. The number of anilines is 2. The molecule has 5 rings (SSSR count). The molecule has 0 spiro atoms. The Morgan fingerprint density at radius 3 is 2.33 bits per heavy atom. The van der Waals surface area contributed by atoms with Gasteiger partial charge in [-0.15, -0.1) is 0 Å². The van der Waals surface area contributed by atoms with Crippen molar-refractivity contribution in [3.63, 3.8) is 0 Å². The first-order chi connectivity index (χ1) is 16.0. The predicted octanol–water partition coefficient (Wildman–Crippen LogP) is 3.02. The normalized spacial score (nSPS) is 21.8. The Balaban J connectivity index is 1.52. The number of nitrogens with zero attached hydrogens (tertiary/aromatic N) is 4. The van der Waals surface area contributed by atoms with Crippen LogP contribution in [0.5, 0.6) is 5.75 Å². The molecule has 170 valence electrons. The Bertz CT molecular complexity index is 1170. The number of likely N-dealkylation sites (N-methyl/N-ethyl adjacent to an activating group) is 1. The molecule has 7 nitrogen and oxygen atoms in total. The Hall–Kier alpha value is -2.72. The maximum Gasteiger partial charge on any atom is 0.271 e. The van der Waals surface area contributed by atoms with Gasteiger partial charge in [0.25, 0.3) is 11.8 Å². The summed E-state index contributed by atoms with van der Waals surface area (Å²) in [7, 11) is 3.66. The van der Waals surface area contributed by atoms with Crippen LogP contribution in [0.2, 0.25) is 0 Å². The summed E-state index contributed by atoms with van der Waals surface area (Å²) in [5.41, 5.74) is 2.61. The minimum Gasteiger partial charge on any atom is -0.495 e. The highest BCUT2D eigenvalue weighted by atomic mass is 32.2. The number of ether oxygens (including phenoxy) is 1. The fraction of sp³-hybridized carbons (Fsp3) is 0.292. The first kappa shape index (κ1) is 22.1. The molecule has 2 saturated heterocycles. The predicted molar refractivity (Wildman–Crippen MR) is 135 cm³/mol. The standard InChI is InChI=1S/C24H24N4O3S2/c1-25-11-13-26(14-12-25)15-27-17-8-4-3-7-16(17)20(22(27)29)21-23(30)28(24(32)33-21)18-9-5-6-10-19(18)31-2/h3-10H,11-15H2,1-2H3. The maximum atomic E-state index is 13.7. The minimum atomic E-state index is -0.297. The Morgan fingerprint density at radius 1 is 0.939 bits per heavy atom. The molecular formula is C24H24N4O3S2. The molecule has 3 aliphatic rings. The molecule has 0 radical (unpaired) electrons. The Labute approximate surface area is 202 Å². The number of amides is 2. The number of methoxy groups -OCH3 is 1. The molecule has 0 saturated carbocycles. The van der Waals surface area contributed by atoms with Crippen molar-refractivity contribution in [2.24, 2.45) is 0 Å². The van der Waals surface area contributed by atoms with Gasteiger partial charge in [-0.1, -0.05) is 54.3 Å². The molecule has 2 aromatic rings. The van der Waals surface area contributed by atoms with E-state index in [1.165, 1.54) is 16.7 Å². The van der Waals surface area contributed by atoms with E-state index in [9.17, 15) is 9.59 Å². The lowest BCUT2D eigenvalue weighted by Crippen LogP contribution is -2.49. The lowest BCUT2D eigenvalue weighted by atomic mass is 10.1. The van der Waals surface area contributed by atoms with Gasteiger partial charge in [-0.25, -0.2) is 0 Å². The van der Waals surface area contributed by atoms with Crippen LogP contribution in [-0.2, 0) is 9.59 Å². The molecule has 2 fully saturated rings. The SMILES string of the molecule is COc1ccccc1N1C(=O)C(=C2C(=O)N(CN3CCN(C)CC3)c3ccccc32)SC1=S. The summed E-state index contributed by atoms with van der Waals surface area (Å²) in [6, 6.07) is 14.9. The third kappa shape index (κ3) is 3.85. The summed E-state index contributed by atoms with van der Waals surface area (Å²) < 4.78 is 5.82. The van der Waals surface area contributed by atoms with Crippen molar-refractivity contribution in [3.05, 3.63) is 59.0 Å². The fourth-order valence-electron chi connectivity index (χ4n) is 4.37. The summed E-state index contributed by atoms with van der Waals surface area (Å²) in [5, 5.41) is 0. The van der Waals surface area contributed by atoms with Crippen LogP contribution in [0.3, 0.4) is 0 Å². The molecule has 0 aromatic heterocycles. The van der Waals surface area contributed by atoms with Gasteiger partial charge in [0.2, 0.25) is 0 Å². The van der Waals surface area contributed by atoms with Gasteiger partial charge >= 0.3 is 0 Å². The highest BCUT2D eigenvalue weighted by molar-refractivity contribution is 8.27. The van der Waals surface area contributed by atoms with Crippen molar-refractivity contribution in [2.45, 2.75) is 0 Å². The topological polar surface area (TPSA) is 56.3 Å². The second-order valence-corrected chi connectivity index (χ2v) is 9.84. The lowest BCUT2D eigenvalue weighted by molar-refractivity contribution is -0.115. The molecule has 2 amide bonds. The third-order valence-electron chi connectivity index (χ3n) is 6.18. The first-order valence-electron chi connectivity index (χ1n) is 10.8. The molecule has 0 bridgehead atoms. The lowest BCUT2D eigenvalue weighted by Gasteiger charge is -2.34. The summed E-state index contributed by atoms with van der Waals surface area (Å²) in [5.74, 6) is 0.0969. The van der Waals surface area contributed by atoms with Gasteiger partial charge < -0.3 is 9.64 Å². The van der Waals surface area contributed by atoms with Crippen LogP contribution >= 0.6 is 24.0 Å². The molecule has 9 heteroatoms. The van der Waals surface area contributed by atoms with Gasteiger partial charge in [0, 0.05) is 31.7 Å². The summed E-state index contributed by atoms with van der Waals surface area (Å²) in [6.07, 6.45) is 0. The first-order valence-corrected chi connectivity index (χ1v) is 12.0. The quantitative estimate of drug-likeness (QED) is 0.493. The van der Waals surface area contributed by atoms with Crippen LogP contribution < -0.4 is 14.5 Å². The fourth-order valence-corrected chi connectivity index (χ4v) is 5.73. The number of benzene rings is 2. The number of para-hydroxylation sites is 3. The zero-order valence-electron chi connectivity index (χ0n) is 18.5. The number of thiocarbonyl (C=S) groups is 1. The van der Waals surface area contributed by atoms with Crippen LogP contribution in [0, 0.1) is 0 Å². The van der Waals surface area contributed by atoms with Crippen molar-refractivity contribution in [2.75, 3.05) is 56.8 Å². The average molecular weight is 481 g/mol. The van der Waals surface area contributed by atoms with Crippen LogP contribution in [0.1, 0.15) is 5.56 Å². The van der Waals surface area contributed by atoms with E-state index in [1.807, 2.05) is 36.4 Å². The Kier molecular flexibility index (Phi) is 5.96. The zero-order valence-corrected chi connectivity index (χ0v) is 20.1. The number of hydrogen-bond donors (Lipinski definition) is 0. The molecule has 0 atom stereocenters. The molecule has 0 unspecified atom stereocenters. The molecule has 33 heavy (non-hydrogen) atoms. The molecule has 0 aliphatic carbocycles. The monoisotopic (exact) mass is 480 g/mol. The van der Waals surface area contributed by atoms with Crippen LogP contribution in [0.4, 0.5) is 11.4 Å². The number of piperazine rings is 1. The molecule has 2 aromatic carbocycles. The molecule has 0 N–H and O–H groups in total. The summed E-state index contributed by atoms with van der Waals surface area (Å²) in [6.45, 7) is 4.23. The number of thioether (sulfide) groups is 1. The van der Waals surface area contributed by atoms with Crippen molar-refractivity contribution >= 4 is 57.1 Å². The van der Waals surface area contributed by atoms with Gasteiger partial charge in [-0.3, -0.25) is 24.3 Å². The van der Waals surface area contributed by atoms with Crippen molar-refractivity contribution in [1.29, 1.82) is 0 Å². The van der Waals surface area contributed by atoms with E-state index in [0.29, 0.717) is 32.9 Å². The van der Waals surface area contributed by atoms with Gasteiger partial charge in [-0.05, 0) is 25.2 Å². The molecular weight excluding hydrogens is 456 g/mol. The third-order valence-corrected chi connectivity index (χ3v) is 7.56. The number of fused-ring (bicyclic) bond motifs is 1. The number of carbonyl (C=O) groups excluding carboxylic acids is 2. The van der Waals surface area contributed by atoms with E-state index >= 15 is 0 Å². The van der Waals surface area contributed by atoms with Crippen molar-refractivity contribution < 1.29 is 14.3 Å². The summed E-state index contributed by atoms with van der Waals surface area (Å²) >= 11 is 6.74. The van der Waals surface area contributed by atoms with Crippen LogP contribution in [0.15, 0.2) is 53.4 Å². The molecule has 3 aliphatic heterocycles. The maximum absolute atomic E-state index is 13.7. The smallest absolute Gasteiger partial charge is 0.271 e. The molecule has 3 heterocycles. The van der Waals surface area contributed by atoms with Gasteiger partial charge in [0.15, 0.2) is 4.32 Å². The zero-order chi connectivity index (χ0) is 23.1. The highest BCUT2D eigenvalue weighted by Gasteiger charge is 2.43. The minimum absolute atomic E-state index is 0.157. The van der Waals surface area contributed by atoms with E-state index < -0.39 is 0 Å². The van der Waals surface area contributed by atoms with E-state index in [-0.39, 0.29) is 11.8 Å². The second kappa shape index (κ2) is 8.90. The largest absolute Gasteiger partial charge is 0.495 e. The number of carbonyl (C=O) groups is 2. The van der Waals surface area contributed by atoms with Gasteiger partial charge in [-0.2, -0.15) is 0 Å². The second-order valence-electron chi connectivity index (χ2n) is 8.20. The van der Waals surface area contributed by atoms with E-state index in [2.05, 4.69) is 16.8 Å². The average Bonchev–Trinajstić information content (AvgIpc) is 3.27. The van der Waals surface area contributed by atoms with E-state index in [1.54, 1.807) is 24.1 Å². The van der Waals surface area contributed by atoms with E-state index in [0.717, 1.165) is 37.4 Å². The Morgan fingerprint density at radius 2 is 1.61 bits per heavy atom. The van der Waals surface area contributed by atoms with Crippen LogP contribution in [-0.4, -0.2) is 72.9 Å². The van der Waals surface area contributed by atoms with Gasteiger partial charge in [0.05, 0.1) is 35.6 Å². The highest BCUT2D eigenvalue weighted by Crippen LogP contribution is 2.46. The summed E-state index contributed by atoms with van der Waals surface area (Å²) in [4.78, 5) is 35.4.